The number of Topliss-reactive ketones (excluding diaryl/α,β-unsaturated/α-hetero) is 1. The van der Waals surface area contributed by atoms with Gasteiger partial charge in [0.25, 0.3) is 0 Å². The average molecular weight is 305 g/mol. The first-order valence-corrected chi connectivity index (χ1v) is 8.56. The Morgan fingerprint density at radius 2 is 1.61 bits per heavy atom. The third kappa shape index (κ3) is 3.55. The van der Waals surface area contributed by atoms with Gasteiger partial charge in [-0.05, 0) is 41.7 Å². The zero-order chi connectivity index (χ0) is 16.3. The van der Waals surface area contributed by atoms with Crippen LogP contribution in [0.2, 0.25) is 0 Å². The Kier molecular flexibility index (Phi) is 4.66. The molecule has 0 spiro atoms. The fourth-order valence-corrected chi connectivity index (χ4v) is 3.74. The molecule has 0 unspecified atom stereocenters. The van der Waals surface area contributed by atoms with Crippen LogP contribution in [0.3, 0.4) is 0 Å². The monoisotopic (exact) mass is 305 g/mol. The molecule has 1 saturated carbocycles. The minimum absolute atomic E-state index is 0.198. The molecule has 0 bridgehead atoms. The van der Waals surface area contributed by atoms with Gasteiger partial charge >= 0.3 is 0 Å². The molecule has 0 heterocycles. The number of benzene rings is 2. The van der Waals surface area contributed by atoms with Gasteiger partial charge in [-0.1, -0.05) is 74.9 Å². The van der Waals surface area contributed by atoms with E-state index in [2.05, 4.69) is 26.0 Å². The van der Waals surface area contributed by atoms with Gasteiger partial charge in [0.05, 0.1) is 0 Å². The molecule has 0 aromatic heterocycles. The summed E-state index contributed by atoms with van der Waals surface area (Å²) in [6, 6.07) is 18.4. The molecule has 1 aliphatic carbocycles. The molecule has 3 rings (SSSR count). The van der Waals surface area contributed by atoms with E-state index in [4.69, 9.17) is 0 Å². The number of hydrogen-bond acceptors (Lipinski definition) is 1. The molecular formula is C22H25O. The van der Waals surface area contributed by atoms with Crippen LogP contribution in [-0.2, 0) is 11.8 Å². The summed E-state index contributed by atoms with van der Waals surface area (Å²) in [7, 11) is 0. The van der Waals surface area contributed by atoms with E-state index in [9.17, 15) is 4.79 Å². The Bertz CT molecular complexity index is 648. The van der Waals surface area contributed by atoms with Crippen LogP contribution in [0, 0.1) is 5.92 Å². The predicted octanol–water partition coefficient (Wildman–Crippen LogP) is 5.54. The molecule has 2 aromatic carbocycles. The van der Waals surface area contributed by atoms with Crippen molar-refractivity contribution in [1.82, 2.24) is 0 Å². The third-order valence-electron chi connectivity index (χ3n) is 5.03. The Labute approximate surface area is 139 Å². The quantitative estimate of drug-likeness (QED) is 0.640. The topological polar surface area (TPSA) is 17.1 Å². The molecule has 0 saturated heterocycles. The van der Waals surface area contributed by atoms with Crippen molar-refractivity contribution in [3.63, 3.8) is 0 Å². The van der Waals surface area contributed by atoms with Crippen molar-refractivity contribution in [1.29, 1.82) is 0 Å². The molecule has 2 aromatic rings. The summed E-state index contributed by atoms with van der Waals surface area (Å²) in [6.07, 6.45) is 5.52. The number of carbonyl (C=O) groups excluding carboxylic acids is 1. The summed E-state index contributed by atoms with van der Waals surface area (Å²) in [6.45, 7) is 4.44. The summed E-state index contributed by atoms with van der Waals surface area (Å²) in [5, 5.41) is 0. The number of rotatable bonds is 6. The number of carbonyl (C=O) groups is 1. The maximum atomic E-state index is 12.4. The van der Waals surface area contributed by atoms with Crippen molar-refractivity contribution in [2.75, 3.05) is 0 Å². The lowest BCUT2D eigenvalue weighted by Gasteiger charge is -2.44. The molecule has 0 N–H and O–H groups in total. The lowest BCUT2D eigenvalue weighted by atomic mass is 9.61. The second kappa shape index (κ2) is 6.70. The molecule has 0 atom stereocenters. The van der Waals surface area contributed by atoms with Crippen LogP contribution in [0.1, 0.15) is 61.0 Å². The molecule has 1 aliphatic rings. The van der Waals surface area contributed by atoms with Crippen LogP contribution in [0.4, 0.5) is 0 Å². The van der Waals surface area contributed by atoms with Crippen molar-refractivity contribution < 1.29 is 4.79 Å². The van der Waals surface area contributed by atoms with Gasteiger partial charge in [-0.3, -0.25) is 4.79 Å². The van der Waals surface area contributed by atoms with Crippen molar-refractivity contribution in [2.45, 2.75) is 51.4 Å². The normalized spacial score (nSPS) is 16.1. The first-order chi connectivity index (χ1) is 11.1. The van der Waals surface area contributed by atoms with Gasteiger partial charge in [-0.2, -0.15) is 0 Å². The summed E-state index contributed by atoms with van der Waals surface area (Å²) in [5.74, 6) is 1.69. The Hall–Kier alpha value is -1.89. The van der Waals surface area contributed by atoms with Gasteiger partial charge in [-0.25, -0.2) is 0 Å². The number of ketones is 1. The highest BCUT2D eigenvalue weighted by Gasteiger charge is 2.38. The second-order valence-electron chi connectivity index (χ2n) is 7.18. The molecule has 23 heavy (non-hydrogen) atoms. The number of hydrogen-bond donors (Lipinski definition) is 0. The zero-order valence-corrected chi connectivity index (χ0v) is 14.1. The van der Waals surface area contributed by atoms with Crippen LogP contribution >= 0.6 is 0 Å². The van der Waals surface area contributed by atoms with Crippen LogP contribution in [0.25, 0.3) is 0 Å². The Morgan fingerprint density at radius 1 is 0.957 bits per heavy atom. The highest BCUT2D eigenvalue weighted by molar-refractivity contribution is 5.97. The van der Waals surface area contributed by atoms with Gasteiger partial charge in [-0.15, -0.1) is 0 Å². The smallest absolute Gasteiger partial charge is 0.167 e. The molecule has 119 valence electrons. The fourth-order valence-electron chi connectivity index (χ4n) is 3.74. The molecule has 1 heteroatoms. The highest BCUT2D eigenvalue weighted by atomic mass is 16.1. The van der Waals surface area contributed by atoms with E-state index >= 15 is 0 Å². The van der Waals surface area contributed by atoms with Gasteiger partial charge in [0, 0.05) is 12.0 Å². The van der Waals surface area contributed by atoms with Crippen molar-refractivity contribution in [2.24, 2.45) is 0 Å². The van der Waals surface area contributed by atoms with E-state index < -0.39 is 0 Å². The van der Waals surface area contributed by atoms with Crippen LogP contribution in [0.15, 0.2) is 54.6 Å². The zero-order valence-electron chi connectivity index (χ0n) is 14.1. The minimum atomic E-state index is 0.198. The average Bonchev–Trinajstić information content (AvgIpc) is 2.52. The van der Waals surface area contributed by atoms with Gasteiger partial charge in [0.1, 0.15) is 0 Å². The van der Waals surface area contributed by atoms with Crippen molar-refractivity contribution in [3.8, 4) is 0 Å². The summed E-state index contributed by atoms with van der Waals surface area (Å²) in [5.41, 5.74) is 3.64. The molecule has 0 aliphatic heterocycles. The van der Waals surface area contributed by atoms with E-state index in [0.29, 0.717) is 11.8 Å². The van der Waals surface area contributed by atoms with Gasteiger partial charge in [0.2, 0.25) is 0 Å². The van der Waals surface area contributed by atoms with Gasteiger partial charge < -0.3 is 0 Å². The first-order valence-electron chi connectivity index (χ1n) is 8.56. The van der Waals surface area contributed by atoms with E-state index in [1.807, 2.05) is 42.5 Å². The SMILES string of the molecule is C[C](C)CC1(c2ccc(C(=O)Cc3ccccc3)cc2)CCC1. The Balaban J connectivity index is 1.73. The fraction of sp³-hybridized carbons (Fsp3) is 0.364. The highest BCUT2D eigenvalue weighted by Crippen LogP contribution is 2.48. The van der Waals surface area contributed by atoms with Crippen molar-refractivity contribution >= 4 is 5.78 Å². The van der Waals surface area contributed by atoms with E-state index in [-0.39, 0.29) is 5.78 Å². The van der Waals surface area contributed by atoms with Gasteiger partial charge in [0.15, 0.2) is 5.78 Å². The lowest BCUT2D eigenvalue weighted by molar-refractivity contribution is 0.0993. The second-order valence-corrected chi connectivity index (χ2v) is 7.18. The van der Waals surface area contributed by atoms with Crippen molar-refractivity contribution in [3.05, 3.63) is 77.2 Å². The first kappa shape index (κ1) is 16.0. The predicted molar refractivity (Wildman–Crippen MR) is 95.7 cm³/mol. The summed E-state index contributed by atoms with van der Waals surface area (Å²) < 4.78 is 0. The van der Waals surface area contributed by atoms with Crippen LogP contribution in [-0.4, -0.2) is 5.78 Å². The van der Waals surface area contributed by atoms with Crippen LogP contribution < -0.4 is 0 Å². The lowest BCUT2D eigenvalue weighted by Crippen LogP contribution is -2.35. The van der Waals surface area contributed by atoms with E-state index in [1.54, 1.807) is 0 Å². The summed E-state index contributed by atoms with van der Waals surface area (Å²) in [4.78, 5) is 12.4. The Morgan fingerprint density at radius 3 is 2.13 bits per heavy atom. The minimum Gasteiger partial charge on any atom is -0.294 e. The maximum Gasteiger partial charge on any atom is 0.167 e. The summed E-state index contributed by atoms with van der Waals surface area (Å²) >= 11 is 0. The third-order valence-corrected chi connectivity index (χ3v) is 5.03. The van der Waals surface area contributed by atoms with Crippen LogP contribution in [0.5, 0.6) is 0 Å². The van der Waals surface area contributed by atoms with E-state index in [1.165, 1.54) is 37.2 Å². The molecule has 0 amide bonds. The molecule has 1 fully saturated rings. The molecule has 1 nitrogen and oxygen atoms in total. The standard InChI is InChI=1S/C22H25O/c1-17(2)16-22(13-6-14-22)20-11-9-19(10-12-20)21(23)15-18-7-4-3-5-8-18/h3-5,7-12H,6,13-16H2,1-2H3. The largest absolute Gasteiger partial charge is 0.294 e. The van der Waals surface area contributed by atoms with E-state index in [0.717, 1.165) is 11.1 Å². The maximum absolute atomic E-state index is 12.4. The molecular weight excluding hydrogens is 280 g/mol. The molecule has 1 radical (unpaired) electrons.